The van der Waals surface area contributed by atoms with E-state index in [-0.39, 0.29) is 11.3 Å². The van der Waals surface area contributed by atoms with Crippen molar-refractivity contribution in [3.8, 4) is 11.6 Å². The van der Waals surface area contributed by atoms with Crippen LogP contribution in [0.25, 0.3) is 5.69 Å². The molecule has 0 radical (unpaired) electrons. The highest BCUT2D eigenvalue weighted by Gasteiger charge is 2.18. The van der Waals surface area contributed by atoms with Crippen molar-refractivity contribution in [1.82, 2.24) is 15.0 Å². The van der Waals surface area contributed by atoms with E-state index in [1.54, 1.807) is 48.5 Å². The van der Waals surface area contributed by atoms with Crippen molar-refractivity contribution in [2.24, 2.45) is 5.10 Å². The number of amides is 2. The van der Waals surface area contributed by atoms with Crippen LogP contribution in [0.3, 0.4) is 0 Å². The van der Waals surface area contributed by atoms with E-state index in [2.05, 4.69) is 20.8 Å². The number of urea groups is 1. The molecule has 0 aliphatic heterocycles. The van der Waals surface area contributed by atoms with Crippen LogP contribution in [0.15, 0.2) is 69.3 Å². The first-order valence-corrected chi connectivity index (χ1v) is 8.69. The zero-order valence-corrected chi connectivity index (χ0v) is 15.8. The van der Waals surface area contributed by atoms with Crippen LogP contribution in [0.1, 0.15) is 18.1 Å². The Hall–Kier alpha value is -4.14. The van der Waals surface area contributed by atoms with Gasteiger partial charge in [0.05, 0.1) is 11.4 Å². The number of H-pyrrole nitrogens is 1. The second kappa shape index (κ2) is 8.26. The van der Waals surface area contributed by atoms with Crippen molar-refractivity contribution < 1.29 is 9.90 Å². The van der Waals surface area contributed by atoms with Crippen LogP contribution in [-0.4, -0.2) is 26.4 Å². The molecule has 9 heteroatoms. The second-order valence-corrected chi connectivity index (χ2v) is 6.26. The van der Waals surface area contributed by atoms with E-state index in [9.17, 15) is 19.5 Å². The van der Waals surface area contributed by atoms with Crippen molar-refractivity contribution >= 4 is 17.4 Å². The summed E-state index contributed by atoms with van der Waals surface area (Å²) in [6, 6.07) is 14.9. The highest BCUT2D eigenvalue weighted by atomic mass is 16.3. The summed E-state index contributed by atoms with van der Waals surface area (Å²) in [5.41, 5.74) is 2.34. The molecular formula is C20H19N5O4. The fraction of sp³-hybridized carbons (Fsp3) is 0.100. The molecule has 0 atom stereocenters. The number of para-hydroxylation sites is 1. The number of aryl methyl sites for hydroxylation is 1. The molecule has 4 N–H and O–H groups in total. The Balaban J connectivity index is 1.91. The summed E-state index contributed by atoms with van der Waals surface area (Å²) in [7, 11) is 0. The first kappa shape index (κ1) is 19.6. The fourth-order valence-electron chi connectivity index (χ4n) is 2.66. The van der Waals surface area contributed by atoms with Gasteiger partial charge in [0.25, 0.3) is 5.56 Å². The van der Waals surface area contributed by atoms with Gasteiger partial charge in [-0.1, -0.05) is 35.9 Å². The van der Waals surface area contributed by atoms with Crippen molar-refractivity contribution in [3.63, 3.8) is 0 Å². The highest BCUT2D eigenvalue weighted by Crippen LogP contribution is 2.17. The summed E-state index contributed by atoms with van der Waals surface area (Å²) in [4.78, 5) is 38.6. The molecule has 29 heavy (non-hydrogen) atoms. The van der Waals surface area contributed by atoms with E-state index < -0.39 is 23.2 Å². The Labute approximate surface area is 165 Å². The molecular weight excluding hydrogens is 374 g/mol. The molecule has 0 spiro atoms. The van der Waals surface area contributed by atoms with Gasteiger partial charge in [-0.3, -0.25) is 9.78 Å². The average Bonchev–Trinajstić information content (AvgIpc) is 2.68. The van der Waals surface area contributed by atoms with Crippen LogP contribution in [0.2, 0.25) is 0 Å². The van der Waals surface area contributed by atoms with Gasteiger partial charge in [-0.05, 0) is 38.1 Å². The minimum absolute atomic E-state index is 0.0211. The van der Waals surface area contributed by atoms with Crippen LogP contribution in [-0.2, 0) is 0 Å². The second-order valence-electron chi connectivity index (χ2n) is 6.26. The zero-order chi connectivity index (χ0) is 21.0. The average molecular weight is 393 g/mol. The van der Waals surface area contributed by atoms with Gasteiger partial charge in [-0.15, -0.1) is 0 Å². The van der Waals surface area contributed by atoms with Crippen LogP contribution in [0.5, 0.6) is 5.88 Å². The molecule has 3 rings (SSSR count). The third-order valence-electron chi connectivity index (χ3n) is 4.10. The molecule has 0 fully saturated rings. The molecule has 3 aromatic rings. The van der Waals surface area contributed by atoms with E-state index >= 15 is 0 Å². The number of benzene rings is 2. The van der Waals surface area contributed by atoms with Gasteiger partial charge in [0.1, 0.15) is 5.56 Å². The third kappa shape index (κ3) is 4.41. The van der Waals surface area contributed by atoms with Gasteiger partial charge in [-0.2, -0.15) is 5.10 Å². The van der Waals surface area contributed by atoms with Gasteiger partial charge in [0.2, 0.25) is 5.88 Å². The SMILES string of the molecule is C/C(=N\NC(=O)Nc1ccccc1)c1c(O)n(-c2ccc(C)cc2)c(=O)[nH]c1=O. The molecule has 148 valence electrons. The van der Waals surface area contributed by atoms with E-state index in [4.69, 9.17) is 0 Å². The summed E-state index contributed by atoms with van der Waals surface area (Å²) in [5.74, 6) is -0.575. The number of aromatic nitrogens is 2. The van der Waals surface area contributed by atoms with E-state index in [0.717, 1.165) is 10.1 Å². The minimum Gasteiger partial charge on any atom is -0.493 e. The number of hydrogen-bond donors (Lipinski definition) is 4. The predicted octanol–water partition coefficient (Wildman–Crippen LogP) is 2.09. The summed E-state index contributed by atoms with van der Waals surface area (Å²) >= 11 is 0. The first-order valence-electron chi connectivity index (χ1n) is 8.69. The molecule has 0 unspecified atom stereocenters. The Morgan fingerprint density at radius 1 is 1.07 bits per heavy atom. The largest absolute Gasteiger partial charge is 0.493 e. The third-order valence-corrected chi connectivity index (χ3v) is 4.10. The lowest BCUT2D eigenvalue weighted by atomic mass is 10.2. The van der Waals surface area contributed by atoms with Crippen molar-refractivity contribution in [1.29, 1.82) is 0 Å². The van der Waals surface area contributed by atoms with Crippen LogP contribution in [0, 0.1) is 6.92 Å². The number of aromatic amines is 1. The lowest BCUT2D eigenvalue weighted by molar-refractivity contribution is 0.252. The molecule has 0 bridgehead atoms. The van der Waals surface area contributed by atoms with Crippen molar-refractivity contribution in [2.45, 2.75) is 13.8 Å². The normalized spacial score (nSPS) is 11.2. The standard InChI is InChI=1S/C20H19N5O4/c1-12-8-10-15(11-9-12)25-18(27)16(17(26)22-20(25)29)13(2)23-24-19(28)21-14-6-4-3-5-7-14/h3-11,27H,1-2H3,(H2,21,24,28)(H,22,26,29)/b23-13+. The maximum absolute atomic E-state index is 12.2. The molecule has 9 nitrogen and oxygen atoms in total. The summed E-state index contributed by atoms with van der Waals surface area (Å²) < 4.78 is 0.958. The molecule has 0 aliphatic rings. The van der Waals surface area contributed by atoms with Gasteiger partial charge >= 0.3 is 11.7 Å². The van der Waals surface area contributed by atoms with Gasteiger partial charge in [0, 0.05) is 5.69 Å². The number of carbonyl (C=O) groups excluding carboxylic acids is 1. The monoisotopic (exact) mass is 393 g/mol. The number of anilines is 1. The molecule has 0 saturated carbocycles. The smallest absolute Gasteiger partial charge is 0.339 e. The number of carbonyl (C=O) groups is 1. The Morgan fingerprint density at radius 2 is 1.72 bits per heavy atom. The van der Waals surface area contributed by atoms with Crippen molar-refractivity contribution in [2.75, 3.05) is 5.32 Å². The highest BCUT2D eigenvalue weighted by molar-refractivity contribution is 6.01. The van der Waals surface area contributed by atoms with Crippen LogP contribution in [0.4, 0.5) is 10.5 Å². The zero-order valence-electron chi connectivity index (χ0n) is 15.8. The van der Waals surface area contributed by atoms with E-state index in [1.807, 2.05) is 13.0 Å². The quantitative estimate of drug-likeness (QED) is 0.399. The Kier molecular flexibility index (Phi) is 5.59. The molecule has 2 amide bonds. The maximum atomic E-state index is 12.2. The number of nitrogens with one attached hydrogen (secondary N) is 3. The van der Waals surface area contributed by atoms with Gasteiger partial charge in [-0.25, -0.2) is 19.6 Å². The maximum Gasteiger partial charge on any atom is 0.339 e. The van der Waals surface area contributed by atoms with E-state index in [1.165, 1.54) is 6.92 Å². The lowest BCUT2D eigenvalue weighted by Crippen LogP contribution is -2.33. The number of hydrazone groups is 1. The first-order chi connectivity index (χ1) is 13.9. The minimum atomic E-state index is -0.817. The Bertz CT molecular complexity index is 1180. The number of nitrogens with zero attached hydrogens (tertiary/aromatic N) is 2. The van der Waals surface area contributed by atoms with Gasteiger partial charge < -0.3 is 10.4 Å². The summed E-state index contributed by atoms with van der Waals surface area (Å²) in [6.07, 6.45) is 0. The number of aromatic hydroxyl groups is 1. The molecule has 1 aromatic heterocycles. The van der Waals surface area contributed by atoms with Crippen molar-refractivity contribution in [3.05, 3.63) is 86.6 Å². The number of rotatable bonds is 4. The predicted molar refractivity (Wildman–Crippen MR) is 110 cm³/mol. The lowest BCUT2D eigenvalue weighted by Gasteiger charge is -2.11. The molecule has 2 aromatic carbocycles. The van der Waals surface area contributed by atoms with Gasteiger partial charge in [0.15, 0.2) is 0 Å². The van der Waals surface area contributed by atoms with Crippen LogP contribution >= 0.6 is 0 Å². The molecule has 0 aliphatic carbocycles. The fourth-order valence-corrected chi connectivity index (χ4v) is 2.66. The molecule has 1 heterocycles. The summed E-state index contributed by atoms with van der Waals surface area (Å²) in [6.45, 7) is 3.31. The Morgan fingerprint density at radius 3 is 2.38 bits per heavy atom. The van der Waals surface area contributed by atoms with E-state index in [0.29, 0.717) is 11.4 Å². The summed E-state index contributed by atoms with van der Waals surface area (Å²) in [5, 5.41) is 17.0. The topological polar surface area (TPSA) is 129 Å². The number of hydrogen-bond acceptors (Lipinski definition) is 5. The molecule has 0 saturated heterocycles. The van der Waals surface area contributed by atoms with Crippen LogP contribution < -0.4 is 22.0 Å².